The van der Waals surface area contributed by atoms with Gasteiger partial charge in [0.2, 0.25) is 0 Å². The molecule has 0 aromatic carbocycles. The van der Waals surface area contributed by atoms with Crippen molar-refractivity contribution in [2.75, 3.05) is 6.54 Å². The quantitative estimate of drug-likeness (QED) is 0.383. The molecule has 1 aromatic rings. The van der Waals surface area contributed by atoms with E-state index in [9.17, 15) is 9.59 Å². The standard InChI is InChI=1S/C34H49FN4O3/c1-3-9-23(10-4-2)38-34(41)26-20-39-30-24-13-6-5-11-21(24)14-15-28(30)42-33-29(27(35)19-25(31(33)39)32(26)40)37-18-16-22-12-7-8-17-36-22/h7-8,12,17,20-21,23-25,27-31,33,37H,3-6,9-11,13-16,18-19H2,1-2H3,(H,38,41). The largest absolute Gasteiger partial charge is 0.369 e. The van der Waals surface area contributed by atoms with Gasteiger partial charge in [0.05, 0.1) is 35.9 Å². The molecule has 4 fully saturated rings. The summed E-state index contributed by atoms with van der Waals surface area (Å²) in [5.74, 6) is 0.0695. The first kappa shape index (κ1) is 29.7. The number of hydrogen-bond donors (Lipinski definition) is 2. The maximum absolute atomic E-state index is 16.1. The van der Waals surface area contributed by atoms with Crippen molar-refractivity contribution in [1.29, 1.82) is 0 Å². The minimum absolute atomic E-state index is 0.0154. The van der Waals surface area contributed by atoms with E-state index in [2.05, 4.69) is 34.4 Å². The van der Waals surface area contributed by atoms with Crippen molar-refractivity contribution in [3.05, 3.63) is 41.9 Å². The van der Waals surface area contributed by atoms with Crippen molar-refractivity contribution in [3.8, 4) is 0 Å². The predicted octanol–water partition coefficient (Wildman–Crippen LogP) is 4.90. The van der Waals surface area contributed by atoms with Crippen molar-refractivity contribution in [2.45, 2.75) is 133 Å². The summed E-state index contributed by atoms with van der Waals surface area (Å²) < 4.78 is 23.0. The van der Waals surface area contributed by atoms with Gasteiger partial charge in [-0.05, 0) is 62.5 Å². The first-order valence-corrected chi connectivity index (χ1v) is 16.8. The van der Waals surface area contributed by atoms with Gasteiger partial charge in [-0.2, -0.15) is 0 Å². The number of carbonyl (C=O) groups excluding carboxylic acids is 2. The first-order valence-electron chi connectivity index (χ1n) is 16.8. The van der Waals surface area contributed by atoms with Crippen LogP contribution in [-0.2, 0) is 20.7 Å². The monoisotopic (exact) mass is 580 g/mol. The Kier molecular flexibility index (Phi) is 9.29. The van der Waals surface area contributed by atoms with E-state index < -0.39 is 24.2 Å². The van der Waals surface area contributed by atoms with Crippen molar-refractivity contribution in [2.24, 2.45) is 17.8 Å². The van der Waals surface area contributed by atoms with Crippen molar-refractivity contribution < 1.29 is 18.7 Å². The lowest BCUT2D eigenvalue weighted by Gasteiger charge is -2.62. The van der Waals surface area contributed by atoms with Crippen LogP contribution in [0.1, 0.15) is 90.2 Å². The maximum atomic E-state index is 16.1. The summed E-state index contributed by atoms with van der Waals surface area (Å²) in [4.78, 5) is 34.5. The first-order chi connectivity index (χ1) is 20.5. The lowest BCUT2D eigenvalue weighted by molar-refractivity contribution is -0.215. The van der Waals surface area contributed by atoms with E-state index in [1.54, 1.807) is 6.20 Å². The van der Waals surface area contributed by atoms with Crippen LogP contribution in [0.4, 0.5) is 4.39 Å². The Hall–Kier alpha value is -2.32. The topological polar surface area (TPSA) is 83.6 Å². The Bertz CT molecular complexity index is 1130. The Morgan fingerprint density at radius 3 is 2.69 bits per heavy atom. The highest BCUT2D eigenvalue weighted by Gasteiger charge is 2.60. The molecular formula is C34H49FN4O3. The smallest absolute Gasteiger partial charge is 0.256 e. The second kappa shape index (κ2) is 13.1. The number of rotatable bonds is 10. The molecule has 9 unspecified atom stereocenters. The maximum Gasteiger partial charge on any atom is 0.256 e. The zero-order chi connectivity index (χ0) is 29.2. The van der Waals surface area contributed by atoms with Crippen LogP contribution in [-0.4, -0.2) is 70.7 Å². The third kappa shape index (κ3) is 5.78. The second-order valence-corrected chi connectivity index (χ2v) is 13.4. The molecule has 2 aliphatic heterocycles. The fraction of sp³-hybridized carbons (Fsp3) is 0.735. The number of carbonyl (C=O) groups is 2. The summed E-state index contributed by atoms with van der Waals surface area (Å²) in [6.45, 7) is 4.82. The van der Waals surface area contributed by atoms with E-state index in [-0.39, 0.29) is 47.9 Å². The van der Waals surface area contributed by atoms with Gasteiger partial charge in [-0.25, -0.2) is 4.39 Å². The number of aromatic nitrogens is 1. The minimum Gasteiger partial charge on any atom is -0.369 e. The number of nitrogens with zero attached hydrogens (tertiary/aromatic N) is 2. The SMILES string of the molecule is CCCC(CCC)NC(=O)C1=CN2C3C(CCC4CCCCC43)OC3C(NCCc4ccccn4)C(F)CC(C1=O)C32. The number of alkyl halides is 1. The van der Waals surface area contributed by atoms with Crippen LogP contribution in [0.3, 0.4) is 0 Å². The molecule has 7 nitrogen and oxygen atoms in total. The van der Waals surface area contributed by atoms with E-state index in [4.69, 9.17) is 4.74 Å². The molecule has 2 N–H and O–H groups in total. The molecule has 8 heteroatoms. The van der Waals surface area contributed by atoms with Crippen LogP contribution in [0.25, 0.3) is 0 Å². The van der Waals surface area contributed by atoms with E-state index in [1.165, 1.54) is 19.3 Å². The van der Waals surface area contributed by atoms with Gasteiger partial charge < -0.3 is 20.3 Å². The summed E-state index contributed by atoms with van der Waals surface area (Å²) in [5, 5.41) is 6.67. The number of fused-ring (bicyclic) bond motifs is 4. The molecule has 230 valence electrons. The lowest BCUT2D eigenvalue weighted by atomic mass is 9.63. The molecule has 6 rings (SSSR count). The zero-order valence-electron chi connectivity index (χ0n) is 25.3. The molecule has 9 atom stereocenters. The highest BCUT2D eigenvalue weighted by Crippen LogP contribution is 2.51. The van der Waals surface area contributed by atoms with Gasteiger partial charge in [0.1, 0.15) is 6.17 Å². The van der Waals surface area contributed by atoms with E-state index in [0.29, 0.717) is 24.8 Å². The molecule has 0 spiro atoms. The average molecular weight is 581 g/mol. The Labute approximate surface area is 250 Å². The van der Waals surface area contributed by atoms with E-state index in [1.807, 2.05) is 24.4 Å². The molecule has 0 bridgehead atoms. The number of hydrogen-bond acceptors (Lipinski definition) is 6. The van der Waals surface area contributed by atoms with Gasteiger partial charge in [-0.1, -0.05) is 52.0 Å². The van der Waals surface area contributed by atoms with E-state index >= 15 is 4.39 Å². The number of halogens is 1. The number of pyridine rings is 1. The third-order valence-electron chi connectivity index (χ3n) is 10.8. The Balaban J connectivity index is 1.30. The summed E-state index contributed by atoms with van der Waals surface area (Å²) in [7, 11) is 0. The lowest BCUT2D eigenvalue weighted by Crippen LogP contribution is -2.74. The molecule has 1 aromatic heterocycles. The van der Waals surface area contributed by atoms with Gasteiger partial charge in [0, 0.05) is 43.0 Å². The predicted molar refractivity (Wildman–Crippen MR) is 160 cm³/mol. The summed E-state index contributed by atoms with van der Waals surface area (Å²) in [6.07, 6.45) is 13.5. The van der Waals surface area contributed by atoms with Gasteiger partial charge >= 0.3 is 0 Å². The zero-order valence-corrected chi connectivity index (χ0v) is 25.3. The van der Waals surface area contributed by atoms with E-state index in [0.717, 1.165) is 50.6 Å². The number of Topliss-reactive ketones (excluding diaryl/α,β-unsaturated/α-hetero) is 1. The van der Waals surface area contributed by atoms with Gasteiger partial charge in [-0.15, -0.1) is 0 Å². The van der Waals surface area contributed by atoms with Crippen LogP contribution < -0.4 is 10.6 Å². The highest BCUT2D eigenvalue weighted by molar-refractivity contribution is 6.20. The minimum atomic E-state index is -1.23. The summed E-state index contributed by atoms with van der Waals surface area (Å²) in [6, 6.07) is 5.28. The molecule has 5 aliphatic rings. The van der Waals surface area contributed by atoms with Gasteiger partial charge in [0.25, 0.3) is 5.91 Å². The van der Waals surface area contributed by atoms with Crippen LogP contribution in [0, 0.1) is 17.8 Å². The van der Waals surface area contributed by atoms with Crippen LogP contribution >= 0.6 is 0 Å². The molecule has 3 heterocycles. The van der Waals surface area contributed by atoms with Crippen molar-refractivity contribution >= 4 is 11.7 Å². The molecular weight excluding hydrogens is 531 g/mol. The second-order valence-electron chi connectivity index (χ2n) is 13.4. The number of morpholine rings is 1. The van der Waals surface area contributed by atoms with Crippen LogP contribution in [0.5, 0.6) is 0 Å². The molecule has 3 aliphatic carbocycles. The normalized spacial score (nSPS) is 35.6. The molecule has 0 radical (unpaired) electrons. The number of ether oxygens (including phenoxy) is 1. The molecule has 3 saturated carbocycles. The summed E-state index contributed by atoms with van der Waals surface area (Å²) in [5.41, 5.74) is 1.19. The van der Waals surface area contributed by atoms with Gasteiger partial charge in [-0.3, -0.25) is 14.6 Å². The van der Waals surface area contributed by atoms with Crippen LogP contribution in [0.15, 0.2) is 36.2 Å². The van der Waals surface area contributed by atoms with Crippen LogP contribution in [0.2, 0.25) is 0 Å². The average Bonchev–Trinajstić information content (AvgIpc) is 3.00. The fourth-order valence-corrected chi connectivity index (χ4v) is 8.97. The molecule has 42 heavy (non-hydrogen) atoms. The third-order valence-corrected chi connectivity index (χ3v) is 10.8. The highest BCUT2D eigenvalue weighted by atomic mass is 19.1. The summed E-state index contributed by atoms with van der Waals surface area (Å²) >= 11 is 0. The van der Waals surface area contributed by atoms with Crippen molar-refractivity contribution in [1.82, 2.24) is 20.5 Å². The Morgan fingerprint density at radius 2 is 1.93 bits per heavy atom. The molecule has 1 saturated heterocycles. The van der Waals surface area contributed by atoms with Gasteiger partial charge in [0.15, 0.2) is 5.78 Å². The number of nitrogens with one attached hydrogen (secondary N) is 2. The molecule has 1 amide bonds. The number of ketones is 1. The fourth-order valence-electron chi connectivity index (χ4n) is 8.97. The van der Waals surface area contributed by atoms with Crippen molar-refractivity contribution in [3.63, 3.8) is 0 Å². The Morgan fingerprint density at radius 1 is 1.12 bits per heavy atom. The number of amides is 1.